The lowest BCUT2D eigenvalue weighted by Gasteiger charge is -2.21. The van der Waals surface area contributed by atoms with E-state index in [1.165, 1.54) is 0 Å². The molecule has 2 heterocycles. The number of hydrogen-bond acceptors (Lipinski definition) is 4. The van der Waals surface area contributed by atoms with Crippen LogP contribution in [0.5, 0.6) is 0 Å². The molecule has 0 spiro atoms. The van der Waals surface area contributed by atoms with Gasteiger partial charge < -0.3 is 25.0 Å². The van der Waals surface area contributed by atoms with E-state index < -0.39 is 12.1 Å². The van der Waals surface area contributed by atoms with Gasteiger partial charge in [0.15, 0.2) is 6.10 Å². The van der Waals surface area contributed by atoms with Crippen LogP contribution in [0.2, 0.25) is 0 Å². The molecule has 0 saturated carbocycles. The molecule has 3 atom stereocenters. The number of rotatable bonds is 4. The van der Waals surface area contributed by atoms with E-state index in [2.05, 4.69) is 10.2 Å². The second-order valence-corrected chi connectivity index (χ2v) is 5.70. The molecular weight excluding hydrogens is 262 g/mol. The quantitative estimate of drug-likeness (QED) is 0.757. The number of hydrogen-bond donors (Lipinski definition) is 2. The molecule has 2 saturated heterocycles. The average Bonchev–Trinajstić information content (AvgIpc) is 3.05. The first-order valence-electron chi connectivity index (χ1n) is 7.05. The van der Waals surface area contributed by atoms with Crippen molar-refractivity contribution in [1.82, 2.24) is 15.1 Å². The van der Waals surface area contributed by atoms with Crippen molar-refractivity contribution in [2.24, 2.45) is 0 Å². The maximum atomic E-state index is 12.0. The number of carbonyl (C=O) groups is 2. The minimum atomic E-state index is -0.924. The number of nitrogens with zero attached hydrogens (tertiary/aromatic N) is 2. The Morgan fingerprint density at radius 2 is 2.10 bits per heavy atom. The van der Waals surface area contributed by atoms with Crippen molar-refractivity contribution in [3.8, 4) is 0 Å². The molecule has 0 bridgehead atoms. The highest BCUT2D eigenvalue weighted by molar-refractivity contribution is 5.74. The number of carbonyl (C=O) groups excluding carboxylic acids is 1. The minimum absolute atomic E-state index is 0.0864. The normalized spacial score (nSPS) is 29.9. The number of ether oxygens (including phenoxy) is 1. The van der Waals surface area contributed by atoms with Gasteiger partial charge in [0.1, 0.15) is 0 Å². The summed E-state index contributed by atoms with van der Waals surface area (Å²) in [5, 5.41) is 11.7. The molecule has 3 unspecified atom stereocenters. The summed E-state index contributed by atoms with van der Waals surface area (Å²) in [6.07, 6.45) is 1.27. The molecule has 2 N–H and O–H groups in total. The molecule has 0 aromatic rings. The Balaban J connectivity index is 1.70. The minimum Gasteiger partial charge on any atom is -0.479 e. The Morgan fingerprint density at radius 1 is 1.35 bits per heavy atom. The molecule has 0 aromatic carbocycles. The Hall–Kier alpha value is -1.34. The highest BCUT2D eigenvalue weighted by atomic mass is 16.5. The van der Waals surface area contributed by atoms with Gasteiger partial charge in [0, 0.05) is 25.7 Å². The molecular formula is C13H23N3O4. The van der Waals surface area contributed by atoms with Crippen LogP contribution in [0, 0.1) is 0 Å². The first-order chi connectivity index (χ1) is 9.47. The smallest absolute Gasteiger partial charge is 0.332 e. The van der Waals surface area contributed by atoms with Gasteiger partial charge in [-0.1, -0.05) is 0 Å². The van der Waals surface area contributed by atoms with Crippen LogP contribution in [-0.4, -0.2) is 78.9 Å². The molecule has 2 fully saturated rings. The van der Waals surface area contributed by atoms with E-state index in [0.717, 1.165) is 19.5 Å². The Kier molecular flexibility index (Phi) is 4.82. The molecule has 7 heteroatoms. The standard InChI is InChI=1S/C13H23N3O4/c1-15(2)9-5-6-16(8-9)13(19)14-7-10-3-4-11(20-10)12(17)18/h9-11H,3-8H2,1-2H3,(H,14,19)(H,17,18). The predicted molar refractivity (Wildman–Crippen MR) is 72.6 cm³/mol. The zero-order chi connectivity index (χ0) is 14.7. The lowest BCUT2D eigenvalue weighted by molar-refractivity contribution is -0.149. The van der Waals surface area contributed by atoms with Crippen LogP contribution in [0.25, 0.3) is 0 Å². The van der Waals surface area contributed by atoms with Gasteiger partial charge in [0.25, 0.3) is 0 Å². The average molecular weight is 285 g/mol. The summed E-state index contributed by atoms with van der Waals surface area (Å²) in [5.74, 6) is -0.924. The van der Waals surface area contributed by atoms with Crippen LogP contribution in [-0.2, 0) is 9.53 Å². The van der Waals surface area contributed by atoms with E-state index in [4.69, 9.17) is 9.84 Å². The summed E-state index contributed by atoms with van der Waals surface area (Å²) >= 11 is 0. The number of carboxylic acid groups (broad SMARTS) is 1. The number of nitrogens with one attached hydrogen (secondary N) is 1. The molecule has 0 aromatic heterocycles. The first kappa shape index (κ1) is 15.1. The topological polar surface area (TPSA) is 82.1 Å². The van der Waals surface area contributed by atoms with Gasteiger partial charge in [-0.3, -0.25) is 0 Å². The van der Waals surface area contributed by atoms with Crippen molar-refractivity contribution < 1.29 is 19.4 Å². The van der Waals surface area contributed by atoms with Gasteiger partial charge in [-0.15, -0.1) is 0 Å². The fourth-order valence-electron chi connectivity index (χ4n) is 2.70. The van der Waals surface area contributed by atoms with Crippen molar-refractivity contribution in [2.45, 2.75) is 37.5 Å². The number of urea groups is 1. The van der Waals surface area contributed by atoms with E-state index in [1.807, 2.05) is 14.1 Å². The van der Waals surface area contributed by atoms with E-state index in [1.54, 1.807) is 4.90 Å². The van der Waals surface area contributed by atoms with Gasteiger partial charge in [0.05, 0.1) is 6.10 Å². The van der Waals surface area contributed by atoms with Gasteiger partial charge >= 0.3 is 12.0 Å². The van der Waals surface area contributed by atoms with Crippen LogP contribution in [0.1, 0.15) is 19.3 Å². The summed E-state index contributed by atoms with van der Waals surface area (Å²) in [7, 11) is 4.04. The zero-order valence-electron chi connectivity index (χ0n) is 12.0. The molecule has 2 aliphatic rings. The molecule has 2 aliphatic heterocycles. The second-order valence-electron chi connectivity index (χ2n) is 5.70. The van der Waals surface area contributed by atoms with E-state index in [9.17, 15) is 9.59 Å². The highest BCUT2D eigenvalue weighted by Crippen LogP contribution is 2.19. The van der Waals surface area contributed by atoms with E-state index in [-0.39, 0.29) is 12.1 Å². The lowest BCUT2D eigenvalue weighted by atomic mass is 10.2. The van der Waals surface area contributed by atoms with Crippen LogP contribution in [0.4, 0.5) is 4.79 Å². The highest BCUT2D eigenvalue weighted by Gasteiger charge is 2.32. The third-order valence-electron chi connectivity index (χ3n) is 4.04. The zero-order valence-corrected chi connectivity index (χ0v) is 12.0. The molecule has 0 radical (unpaired) electrons. The summed E-state index contributed by atoms with van der Waals surface area (Å²) < 4.78 is 5.35. The van der Waals surface area contributed by atoms with Crippen molar-refractivity contribution in [3.63, 3.8) is 0 Å². The summed E-state index contributed by atoms with van der Waals surface area (Å²) in [5.41, 5.74) is 0. The number of amides is 2. The fraction of sp³-hybridized carbons (Fsp3) is 0.846. The Morgan fingerprint density at radius 3 is 2.65 bits per heavy atom. The molecule has 114 valence electrons. The van der Waals surface area contributed by atoms with Gasteiger partial charge in [-0.25, -0.2) is 9.59 Å². The van der Waals surface area contributed by atoms with Crippen molar-refractivity contribution >= 4 is 12.0 Å². The van der Waals surface area contributed by atoms with Crippen LogP contribution in [0.3, 0.4) is 0 Å². The fourth-order valence-corrected chi connectivity index (χ4v) is 2.70. The largest absolute Gasteiger partial charge is 0.479 e. The predicted octanol–water partition coefficient (Wildman–Crippen LogP) is -0.0359. The third kappa shape index (κ3) is 3.61. The number of likely N-dealkylation sites (tertiary alicyclic amines) is 1. The van der Waals surface area contributed by atoms with Crippen molar-refractivity contribution in [1.29, 1.82) is 0 Å². The van der Waals surface area contributed by atoms with E-state index in [0.29, 0.717) is 25.4 Å². The molecule has 2 rings (SSSR count). The molecule has 7 nitrogen and oxygen atoms in total. The summed E-state index contributed by atoms with van der Waals surface area (Å²) in [4.78, 5) is 26.7. The maximum absolute atomic E-state index is 12.0. The number of carboxylic acids is 1. The first-order valence-corrected chi connectivity index (χ1v) is 7.05. The van der Waals surface area contributed by atoms with E-state index >= 15 is 0 Å². The number of aliphatic carboxylic acids is 1. The number of likely N-dealkylation sites (N-methyl/N-ethyl adjacent to an activating group) is 1. The van der Waals surface area contributed by atoms with Crippen molar-refractivity contribution in [3.05, 3.63) is 0 Å². The molecule has 2 amide bonds. The van der Waals surface area contributed by atoms with Gasteiger partial charge in [0.2, 0.25) is 0 Å². The maximum Gasteiger partial charge on any atom is 0.332 e. The second kappa shape index (κ2) is 6.41. The van der Waals surface area contributed by atoms with Gasteiger partial charge in [-0.2, -0.15) is 0 Å². The molecule has 0 aliphatic carbocycles. The van der Waals surface area contributed by atoms with Crippen LogP contribution in [0.15, 0.2) is 0 Å². The Bertz CT molecular complexity index is 375. The summed E-state index contributed by atoms with van der Waals surface area (Å²) in [6.45, 7) is 1.88. The van der Waals surface area contributed by atoms with Crippen LogP contribution >= 0.6 is 0 Å². The molecule has 20 heavy (non-hydrogen) atoms. The van der Waals surface area contributed by atoms with Gasteiger partial charge in [-0.05, 0) is 33.4 Å². The monoisotopic (exact) mass is 285 g/mol. The van der Waals surface area contributed by atoms with Crippen LogP contribution < -0.4 is 5.32 Å². The third-order valence-corrected chi connectivity index (χ3v) is 4.04. The Labute approximate surface area is 118 Å². The summed E-state index contributed by atoms with van der Waals surface area (Å²) in [6, 6.07) is 0.330. The van der Waals surface area contributed by atoms with Crippen molar-refractivity contribution in [2.75, 3.05) is 33.7 Å². The SMILES string of the molecule is CN(C)C1CCN(C(=O)NCC2CCC(C(=O)O)O2)C1. The lowest BCUT2D eigenvalue weighted by Crippen LogP contribution is -2.43.